The van der Waals surface area contributed by atoms with Gasteiger partial charge in [-0.25, -0.2) is 0 Å². The molecular formula is C17H34N2S. The molecule has 0 aromatic rings. The molecule has 0 amide bonds. The second-order valence-corrected chi connectivity index (χ2v) is 8.79. The fourth-order valence-corrected chi connectivity index (χ4v) is 4.93. The molecule has 1 saturated heterocycles. The summed E-state index contributed by atoms with van der Waals surface area (Å²) in [4.78, 5) is 2.88. The van der Waals surface area contributed by atoms with Crippen molar-refractivity contribution >= 4 is 11.8 Å². The third-order valence-corrected chi connectivity index (χ3v) is 6.53. The SMILES string of the molecule is CCC1CNC(C(C)(C)C)CN1C1CCCCC1SC. The molecule has 4 atom stereocenters. The molecule has 2 rings (SSSR count). The maximum atomic E-state index is 3.81. The molecule has 2 aliphatic rings. The lowest BCUT2D eigenvalue weighted by atomic mass is 9.83. The average molecular weight is 299 g/mol. The van der Waals surface area contributed by atoms with Gasteiger partial charge in [0.15, 0.2) is 0 Å². The molecule has 1 heterocycles. The van der Waals surface area contributed by atoms with Crippen molar-refractivity contribution in [2.75, 3.05) is 19.3 Å². The molecule has 0 aromatic heterocycles. The molecule has 3 heteroatoms. The largest absolute Gasteiger partial charge is 0.311 e. The van der Waals surface area contributed by atoms with Crippen LogP contribution in [0.2, 0.25) is 0 Å². The second-order valence-electron chi connectivity index (χ2n) is 7.71. The zero-order chi connectivity index (χ0) is 14.8. The first-order valence-electron chi connectivity index (χ1n) is 8.49. The summed E-state index contributed by atoms with van der Waals surface area (Å²) in [5.41, 5.74) is 0.362. The maximum Gasteiger partial charge on any atom is 0.0244 e. The van der Waals surface area contributed by atoms with Gasteiger partial charge in [0.05, 0.1) is 0 Å². The highest BCUT2D eigenvalue weighted by Gasteiger charge is 2.39. The van der Waals surface area contributed by atoms with Crippen LogP contribution in [-0.4, -0.2) is 47.6 Å². The highest BCUT2D eigenvalue weighted by Crippen LogP contribution is 2.34. The number of thioether (sulfide) groups is 1. The van der Waals surface area contributed by atoms with Crippen LogP contribution in [0.5, 0.6) is 0 Å². The molecule has 1 N–H and O–H groups in total. The van der Waals surface area contributed by atoms with Gasteiger partial charge in [-0.2, -0.15) is 11.8 Å². The lowest BCUT2D eigenvalue weighted by Gasteiger charge is -2.50. The molecule has 0 spiro atoms. The van der Waals surface area contributed by atoms with Crippen molar-refractivity contribution in [1.82, 2.24) is 10.2 Å². The standard InChI is InChI=1S/C17H34N2S/c1-6-13-11-18-16(17(2,3)4)12-19(13)14-9-7-8-10-15(14)20-5/h13-16,18H,6-12H2,1-5H3. The van der Waals surface area contributed by atoms with E-state index in [2.05, 4.69) is 55.9 Å². The van der Waals surface area contributed by atoms with Gasteiger partial charge in [-0.3, -0.25) is 4.90 Å². The van der Waals surface area contributed by atoms with Gasteiger partial charge in [-0.1, -0.05) is 40.5 Å². The molecule has 1 aliphatic carbocycles. The molecular weight excluding hydrogens is 264 g/mol. The summed E-state index contributed by atoms with van der Waals surface area (Å²) in [7, 11) is 0. The van der Waals surface area contributed by atoms with E-state index in [0.717, 1.165) is 17.3 Å². The van der Waals surface area contributed by atoms with Gasteiger partial charge in [-0.15, -0.1) is 0 Å². The minimum absolute atomic E-state index is 0.362. The van der Waals surface area contributed by atoms with Crippen LogP contribution < -0.4 is 5.32 Å². The fraction of sp³-hybridized carbons (Fsp3) is 1.00. The minimum atomic E-state index is 0.362. The maximum absolute atomic E-state index is 3.81. The molecule has 4 unspecified atom stereocenters. The van der Waals surface area contributed by atoms with Crippen molar-refractivity contribution in [2.45, 2.75) is 83.2 Å². The van der Waals surface area contributed by atoms with Crippen LogP contribution in [0.4, 0.5) is 0 Å². The third kappa shape index (κ3) is 3.72. The molecule has 118 valence electrons. The van der Waals surface area contributed by atoms with Crippen molar-refractivity contribution < 1.29 is 0 Å². The van der Waals surface area contributed by atoms with E-state index in [4.69, 9.17) is 0 Å². The van der Waals surface area contributed by atoms with E-state index in [1.54, 1.807) is 0 Å². The summed E-state index contributed by atoms with van der Waals surface area (Å²) in [6.45, 7) is 11.9. The first-order chi connectivity index (χ1) is 9.47. The molecule has 0 radical (unpaired) electrons. The van der Waals surface area contributed by atoms with E-state index < -0.39 is 0 Å². The first-order valence-corrected chi connectivity index (χ1v) is 9.78. The normalized spacial score (nSPS) is 37.0. The Labute approximate surface area is 130 Å². The molecule has 2 fully saturated rings. The predicted octanol–water partition coefficient (Wildman–Crippen LogP) is 3.76. The second kappa shape index (κ2) is 7.02. The quantitative estimate of drug-likeness (QED) is 0.854. The van der Waals surface area contributed by atoms with E-state index in [1.165, 1.54) is 45.2 Å². The Balaban J connectivity index is 2.11. The number of piperazine rings is 1. The van der Waals surface area contributed by atoms with E-state index in [0.29, 0.717) is 11.5 Å². The van der Waals surface area contributed by atoms with Gasteiger partial charge in [0.2, 0.25) is 0 Å². The average Bonchev–Trinajstić information content (AvgIpc) is 2.45. The summed E-state index contributed by atoms with van der Waals surface area (Å²) in [6, 6.07) is 2.19. The van der Waals surface area contributed by atoms with Crippen LogP contribution in [0.1, 0.15) is 59.8 Å². The number of hydrogen-bond acceptors (Lipinski definition) is 3. The zero-order valence-corrected chi connectivity index (χ0v) is 14.9. The summed E-state index contributed by atoms with van der Waals surface area (Å²) in [6.07, 6.45) is 9.30. The highest BCUT2D eigenvalue weighted by molar-refractivity contribution is 7.99. The van der Waals surface area contributed by atoms with Gasteiger partial charge in [0.1, 0.15) is 0 Å². The predicted molar refractivity (Wildman–Crippen MR) is 91.6 cm³/mol. The Morgan fingerprint density at radius 1 is 1.20 bits per heavy atom. The lowest BCUT2D eigenvalue weighted by molar-refractivity contribution is 0.0362. The van der Waals surface area contributed by atoms with E-state index in [1.807, 2.05) is 0 Å². The van der Waals surface area contributed by atoms with Gasteiger partial charge in [0.25, 0.3) is 0 Å². The number of nitrogens with zero attached hydrogens (tertiary/aromatic N) is 1. The molecule has 0 bridgehead atoms. The van der Waals surface area contributed by atoms with Crippen LogP contribution in [0.25, 0.3) is 0 Å². The van der Waals surface area contributed by atoms with Crippen LogP contribution in [-0.2, 0) is 0 Å². The fourth-order valence-electron chi connectivity index (χ4n) is 3.92. The number of nitrogens with one attached hydrogen (secondary N) is 1. The van der Waals surface area contributed by atoms with Crippen molar-refractivity contribution in [2.24, 2.45) is 5.41 Å². The molecule has 0 aromatic carbocycles. The Bertz CT molecular complexity index is 300. The molecule has 20 heavy (non-hydrogen) atoms. The summed E-state index contributed by atoms with van der Waals surface area (Å²) >= 11 is 2.11. The summed E-state index contributed by atoms with van der Waals surface area (Å²) in [5.74, 6) is 0. The topological polar surface area (TPSA) is 15.3 Å². The molecule has 1 aliphatic heterocycles. The van der Waals surface area contributed by atoms with Crippen LogP contribution >= 0.6 is 11.8 Å². The van der Waals surface area contributed by atoms with Gasteiger partial charge in [0, 0.05) is 36.5 Å². The zero-order valence-electron chi connectivity index (χ0n) is 14.1. The number of rotatable bonds is 3. The monoisotopic (exact) mass is 298 g/mol. The Hall–Kier alpha value is 0.270. The van der Waals surface area contributed by atoms with Crippen molar-refractivity contribution in [1.29, 1.82) is 0 Å². The highest BCUT2D eigenvalue weighted by atomic mass is 32.2. The van der Waals surface area contributed by atoms with E-state index in [9.17, 15) is 0 Å². The van der Waals surface area contributed by atoms with E-state index >= 15 is 0 Å². The Kier molecular flexibility index (Phi) is 5.84. The van der Waals surface area contributed by atoms with Gasteiger partial charge < -0.3 is 5.32 Å². The van der Waals surface area contributed by atoms with Crippen molar-refractivity contribution in [3.63, 3.8) is 0 Å². The van der Waals surface area contributed by atoms with Crippen LogP contribution in [0.15, 0.2) is 0 Å². The Morgan fingerprint density at radius 3 is 2.50 bits per heavy atom. The van der Waals surface area contributed by atoms with Gasteiger partial charge >= 0.3 is 0 Å². The third-order valence-electron chi connectivity index (χ3n) is 5.38. The smallest absolute Gasteiger partial charge is 0.0244 e. The summed E-state index contributed by atoms with van der Waals surface area (Å²) in [5, 5.41) is 4.67. The molecule has 2 nitrogen and oxygen atoms in total. The minimum Gasteiger partial charge on any atom is -0.311 e. The molecule has 1 saturated carbocycles. The van der Waals surface area contributed by atoms with Crippen molar-refractivity contribution in [3.8, 4) is 0 Å². The van der Waals surface area contributed by atoms with Crippen molar-refractivity contribution in [3.05, 3.63) is 0 Å². The van der Waals surface area contributed by atoms with Gasteiger partial charge in [-0.05, 0) is 30.9 Å². The summed E-state index contributed by atoms with van der Waals surface area (Å²) < 4.78 is 0. The van der Waals surface area contributed by atoms with Crippen LogP contribution in [0, 0.1) is 5.41 Å². The lowest BCUT2D eigenvalue weighted by Crippen LogP contribution is -2.64. The Morgan fingerprint density at radius 2 is 1.90 bits per heavy atom. The van der Waals surface area contributed by atoms with E-state index in [-0.39, 0.29) is 0 Å². The van der Waals surface area contributed by atoms with Crippen LogP contribution in [0.3, 0.4) is 0 Å². The first kappa shape index (κ1) is 16.6. The number of hydrogen-bond donors (Lipinski definition) is 1.